The third-order valence-corrected chi connectivity index (χ3v) is 2.93. The Morgan fingerprint density at radius 3 is 2.45 bits per heavy atom. The number of carbonyl (C=O) groups is 1. The third kappa shape index (κ3) is 4.09. The zero-order valence-corrected chi connectivity index (χ0v) is 11.6. The molecule has 0 fully saturated rings. The topological polar surface area (TPSA) is 54.0 Å². The minimum Gasteiger partial charge on any atom is -0.385 e. The number of benzene rings is 1. The largest absolute Gasteiger partial charge is 0.385 e. The van der Waals surface area contributed by atoms with E-state index in [2.05, 4.69) is 22.5 Å². The van der Waals surface area contributed by atoms with E-state index < -0.39 is 0 Å². The predicted octanol–water partition coefficient (Wildman–Crippen LogP) is 2.83. The molecule has 4 heteroatoms. The summed E-state index contributed by atoms with van der Waals surface area (Å²) in [4.78, 5) is 15.9. The van der Waals surface area contributed by atoms with E-state index in [0.29, 0.717) is 12.1 Å². The van der Waals surface area contributed by atoms with Gasteiger partial charge in [-0.15, -0.1) is 0 Å². The van der Waals surface area contributed by atoms with E-state index in [9.17, 15) is 4.79 Å². The van der Waals surface area contributed by atoms with E-state index in [4.69, 9.17) is 0 Å². The van der Waals surface area contributed by atoms with Gasteiger partial charge in [0, 0.05) is 36.7 Å². The molecule has 2 rings (SSSR count). The predicted molar refractivity (Wildman–Crippen MR) is 80.6 cm³/mol. The van der Waals surface area contributed by atoms with Crippen LogP contribution in [0, 0.1) is 0 Å². The highest BCUT2D eigenvalue weighted by atomic mass is 16.1. The highest BCUT2D eigenvalue weighted by molar-refractivity contribution is 5.94. The molecule has 1 aromatic heterocycles. The van der Waals surface area contributed by atoms with E-state index in [1.54, 1.807) is 12.4 Å². The molecule has 0 atom stereocenters. The molecule has 0 unspecified atom stereocenters. The number of amides is 1. The first-order chi connectivity index (χ1) is 9.79. The second-order valence-corrected chi connectivity index (χ2v) is 4.54. The summed E-state index contributed by atoms with van der Waals surface area (Å²) in [5.74, 6) is -0.0659. The Morgan fingerprint density at radius 1 is 1.10 bits per heavy atom. The Labute approximate surface area is 119 Å². The lowest BCUT2D eigenvalue weighted by Gasteiger charge is -2.07. The van der Waals surface area contributed by atoms with E-state index in [0.717, 1.165) is 24.2 Å². The summed E-state index contributed by atoms with van der Waals surface area (Å²) in [5.41, 5.74) is 2.74. The third-order valence-electron chi connectivity index (χ3n) is 2.93. The van der Waals surface area contributed by atoms with Crippen LogP contribution in [-0.2, 0) is 6.54 Å². The van der Waals surface area contributed by atoms with Gasteiger partial charge in [-0.05, 0) is 48.4 Å². The lowest BCUT2D eigenvalue weighted by Crippen LogP contribution is -2.22. The molecule has 1 amide bonds. The highest BCUT2D eigenvalue weighted by Crippen LogP contribution is 2.09. The fourth-order valence-corrected chi connectivity index (χ4v) is 1.79. The number of rotatable bonds is 6. The molecule has 2 N–H and O–H groups in total. The maximum atomic E-state index is 12.0. The van der Waals surface area contributed by atoms with Crippen LogP contribution >= 0.6 is 0 Å². The van der Waals surface area contributed by atoms with Gasteiger partial charge in [0.25, 0.3) is 5.91 Å². The number of hydrogen-bond acceptors (Lipinski definition) is 3. The molecule has 1 heterocycles. The minimum atomic E-state index is -0.0659. The molecule has 104 valence electrons. The first kappa shape index (κ1) is 14.1. The van der Waals surface area contributed by atoms with Crippen LogP contribution in [0.15, 0.2) is 48.8 Å². The molecule has 2 aromatic rings. The van der Waals surface area contributed by atoms with Crippen LogP contribution in [0.25, 0.3) is 0 Å². The molecule has 0 aliphatic rings. The molecular weight excluding hydrogens is 250 g/mol. The Morgan fingerprint density at radius 2 is 1.80 bits per heavy atom. The molecule has 0 radical (unpaired) electrons. The van der Waals surface area contributed by atoms with Crippen LogP contribution in [-0.4, -0.2) is 17.4 Å². The van der Waals surface area contributed by atoms with Gasteiger partial charge in [-0.25, -0.2) is 0 Å². The van der Waals surface area contributed by atoms with Crippen molar-refractivity contribution in [2.24, 2.45) is 0 Å². The summed E-state index contributed by atoms with van der Waals surface area (Å²) in [7, 11) is 0. The van der Waals surface area contributed by atoms with Crippen molar-refractivity contribution >= 4 is 11.6 Å². The first-order valence-electron chi connectivity index (χ1n) is 6.80. The Kier molecular flexibility index (Phi) is 5.12. The maximum absolute atomic E-state index is 12.0. The monoisotopic (exact) mass is 269 g/mol. The molecule has 0 aliphatic heterocycles. The van der Waals surface area contributed by atoms with Crippen LogP contribution in [0.2, 0.25) is 0 Å². The van der Waals surface area contributed by atoms with Crippen molar-refractivity contribution in [2.45, 2.75) is 19.9 Å². The molecule has 4 nitrogen and oxygen atoms in total. The average Bonchev–Trinajstić information content (AvgIpc) is 2.52. The fourth-order valence-electron chi connectivity index (χ4n) is 1.79. The minimum absolute atomic E-state index is 0.0659. The van der Waals surface area contributed by atoms with Crippen LogP contribution in [0.5, 0.6) is 0 Å². The Hall–Kier alpha value is -2.36. The summed E-state index contributed by atoms with van der Waals surface area (Å²) >= 11 is 0. The van der Waals surface area contributed by atoms with E-state index >= 15 is 0 Å². The van der Waals surface area contributed by atoms with E-state index in [1.807, 2.05) is 36.4 Å². The number of nitrogens with one attached hydrogen (secondary N) is 2. The zero-order chi connectivity index (χ0) is 14.2. The van der Waals surface area contributed by atoms with Gasteiger partial charge >= 0.3 is 0 Å². The lowest BCUT2D eigenvalue weighted by molar-refractivity contribution is 0.0951. The van der Waals surface area contributed by atoms with Gasteiger partial charge in [-0.1, -0.05) is 6.92 Å². The molecular formula is C16H19N3O. The SMILES string of the molecule is CCCNc1ccc(C(=O)NCc2ccncc2)cc1. The van der Waals surface area contributed by atoms with Crippen LogP contribution in [0.1, 0.15) is 29.3 Å². The number of nitrogens with zero attached hydrogens (tertiary/aromatic N) is 1. The second kappa shape index (κ2) is 7.28. The number of anilines is 1. The van der Waals surface area contributed by atoms with Crippen LogP contribution < -0.4 is 10.6 Å². The van der Waals surface area contributed by atoms with Crippen LogP contribution in [0.4, 0.5) is 5.69 Å². The number of hydrogen-bond donors (Lipinski definition) is 2. The van der Waals surface area contributed by atoms with Gasteiger partial charge in [-0.2, -0.15) is 0 Å². The van der Waals surface area contributed by atoms with Crippen molar-refractivity contribution < 1.29 is 4.79 Å². The van der Waals surface area contributed by atoms with Crippen molar-refractivity contribution in [3.8, 4) is 0 Å². The first-order valence-corrected chi connectivity index (χ1v) is 6.80. The molecule has 20 heavy (non-hydrogen) atoms. The molecule has 0 spiro atoms. The van der Waals surface area contributed by atoms with Crippen molar-refractivity contribution in [2.75, 3.05) is 11.9 Å². The molecule has 0 bridgehead atoms. The van der Waals surface area contributed by atoms with Gasteiger partial charge < -0.3 is 10.6 Å². The summed E-state index contributed by atoms with van der Waals surface area (Å²) in [6.45, 7) is 3.57. The quantitative estimate of drug-likeness (QED) is 0.848. The second-order valence-electron chi connectivity index (χ2n) is 4.54. The molecule has 0 saturated carbocycles. The summed E-state index contributed by atoms with van der Waals surface area (Å²) in [6.07, 6.45) is 4.51. The van der Waals surface area contributed by atoms with Gasteiger partial charge in [0.05, 0.1) is 0 Å². The maximum Gasteiger partial charge on any atom is 0.251 e. The van der Waals surface area contributed by atoms with Gasteiger partial charge in [0.2, 0.25) is 0 Å². The van der Waals surface area contributed by atoms with Crippen molar-refractivity contribution in [3.05, 3.63) is 59.9 Å². The summed E-state index contributed by atoms with van der Waals surface area (Å²) in [6, 6.07) is 11.3. The zero-order valence-electron chi connectivity index (χ0n) is 11.6. The molecule has 0 aliphatic carbocycles. The van der Waals surface area contributed by atoms with Crippen LogP contribution in [0.3, 0.4) is 0 Å². The van der Waals surface area contributed by atoms with Gasteiger partial charge in [-0.3, -0.25) is 9.78 Å². The lowest BCUT2D eigenvalue weighted by atomic mass is 10.2. The highest BCUT2D eigenvalue weighted by Gasteiger charge is 2.04. The fraction of sp³-hybridized carbons (Fsp3) is 0.250. The summed E-state index contributed by atoms with van der Waals surface area (Å²) < 4.78 is 0. The van der Waals surface area contributed by atoms with Crippen molar-refractivity contribution in [1.29, 1.82) is 0 Å². The smallest absolute Gasteiger partial charge is 0.251 e. The van der Waals surface area contributed by atoms with Crippen molar-refractivity contribution in [3.63, 3.8) is 0 Å². The Balaban J connectivity index is 1.89. The van der Waals surface area contributed by atoms with Gasteiger partial charge in [0.15, 0.2) is 0 Å². The van der Waals surface area contributed by atoms with Crippen molar-refractivity contribution in [1.82, 2.24) is 10.3 Å². The number of aromatic nitrogens is 1. The summed E-state index contributed by atoms with van der Waals surface area (Å²) in [5, 5.41) is 6.17. The van der Waals surface area contributed by atoms with E-state index in [-0.39, 0.29) is 5.91 Å². The molecule has 0 saturated heterocycles. The van der Waals surface area contributed by atoms with E-state index in [1.165, 1.54) is 0 Å². The average molecular weight is 269 g/mol. The normalized spacial score (nSPS) is 10.1. The standard InChI is InChI=1S/C16H19N3O/c1-2-9-18-15-5-3-14(4-6-15)16(20)19-12-13-7-10-17-11-8-13/h3-8,10-11,18H,2,9,12H2,1H3,(H,19,20). The molecule has 1 aromatic carbocycles. The number of pyridine rings is 1. The number of carbonyl (C=O) groups excluding carboxylic acids is 1. The Bertz CT molecular complexity index is 537. The van der Waals surface area contributed by atoms with Gasteiger partial charge in [0.1, 0.15) is 0 Å².